The van der Waals surface area contributed by atoms with Crippen molar-refractivity contribution in [2.45, 2.75) is 20.0 Å². The number of aryl methyl sites for hydroxylation is 1. The molecule has 7 heteroatoms. The highest BCUT2D eigenvalue weighted by atomic mass is 16.4. The summed E-state index contributed by atoms with van der Waals surface area (Å²) in [7, 11) is 0. The van der Waals surface area contributed by atoms with Crippen LogP contribution in [0.2, 0.25) is 0 Å². The van der Waals surface area contributed by atoms with E-state index in [9.17, 15) is 14.4 Å². The van der Waals surface area contributed by atoms with Crippen LogP contribution in [-0.4, -0.2) is 31.3 Å². The molecule has 2 rings (SSSR count). The fourth-order valence-electron chi connectivity index (χ4n) is 2.01. The molecule has 0 aliphatic rings. The third kappa shape index (κ3) is 2.35. The Morgan fingerprint density at radius 1 is 1.05 bits per heavy atom. The zero-order chi connectivity index (χ0) is 14.2. The van der Waals surface area contributed by atoms with Gasteiger partial charge in [-0.2, -0.15) is 0 Å². The maximum Gasteiger partial charge on any atom is 0.330 e. The quantitative estimate of drug-likeness (QED) is 0.825. The lowest BCUT2D eigenvalue weighted by Gasteiger charge is -1.99. The minimum Gasteiger partial charge on any atom is -0.480 e. The normalized spacial score (nSPS) is 10.8. The predicted octanol–water partition coefficient (Wildman–Crippen LogP) is 0.281. The molecule has 2 aromatic rings. The minimum atomic E-state index is -1.16. The maximum absolute atomic E-state index is 12.1. The van der Waals surface area contributed by atoms with Crippen LogP contribution < -0.4 is 5.69 Å². The molecule has 0 radical (unpaired) electrons. The molecule has 0 atom stereocenters. The number of aliphatic carboxylic acids is 2. The van der Waals surface area contributed by atoms with Gasteiger partial charge in [-0.3, -0.25) is 18.7 Å². The first-order valence-electron chi connectivity index (χ1n) is 5.53. The number of rotatable bonds is 4. The van der Waals surface area contributed by atoms with E-state index in [0.717, 1.165) is 14.7 Å². The van der Waals surface area contributed by atoms with E-state index in [1.807, 2.05) is 6.92 Å². The van der Waals surface area contributed by atoms with Gasteiger partial charge in [-0.15, -0.1) is 0 Å². The first-order chi connectivity index (χ1) is 8.90. The van der Waals surface area contributed by atoms with Crippen LogP contribution in [0.1, 0.15) is 5.56 Å². The summed E-state index contributed by atoms with van der Waals surface area (Å²) in [5.74, 6) is -2.31. The summed E-state index contributed by atoms with van der Waals surface area (Å²) < 4.78 is 2.12. The second-order valence-electron chi connectivity index (χ2n) is 4.23. The molecule has 0 amide bonds. The molecule has 0 aliphatic carbocycles. The van der Waals surface area contributed by atoms with Crippen LogP contribution in [-0.2, 0) is 22.7 Å². The number of aromatic nitrogens is 2. The molecule has 100 valence electrons. The van der Waals surface area contributed by atoms with Crippen LogP contribution in [0.15, 0.2) is 23.0 Å². The highest BCUT2D eigenvalue weighted by Gasteiger charge is 2.16. The highest BCUT2D eigenvalue weighted by molar-refractivity contribution is 5.80. The third-order valence-electron chi connectivity index (χ3n) is 2.76. The van der Waals surface area contributed by atoms with E-state index in [1.54, 1.807) is 18.2 Å². The van der Waals surface area contributed by atoms with E-state index >= 15 is 0 Å². The van der Waals surface area contributed by atoms with Crippen molar-refractivity contribution >= 4 is 23.0 Å². The van der Waals surface area contributed by atoms with Gasteiger partial charge in [0.05, 0.1) is 11.0 Å². The number of hydrogen-bond donors (Lipinski definition) is 2. The minimum absolute atomic E-state index is 0.416. The van der Waals surface area contributed by atoms with Crippen LogP contribution in [0.4, 0.5) is 0 Å². The average Bonchev–Trinajstić information content (AvgIpc) is 2.53. The molecule has 0 aliphatic heterocycles. The number of nitrogens with zero attached hydrogens (tertiary/aromatic N) is 2. The van der Waals surface area contributed by atoms with Gasteiger partial charge >= 0.3 is 17.6 Å². The fraction of sp³-hybridized carbons (Fsp3) is 0.250. The molecular weight excluding hydrogens is 252 g/mol. The first-order valence-corrected chi connectivity index (χ1v) is 5.53. The van der Waals surface area contributed by atoms with E-state index in [1.165, 1.54) is 0 Å². The van der Waals surface area contributed by atoms with Crippen LogP contribution in [0.3, 0.4) is 0 Å². The van der Waals surface area contributed by atoms with E-state index < -0.39 is 30.7 Å². The summed E-state index contributed by atoms with van der Waals surface area (Å²) in [5.41, 5.74) is 1.07. The summed E-state index contributed by atoms with van der Waals surface area (Å²) in [4.78, 5) is 33.6. The molecule has 1 aromatic carbocycles. The van der Waals surface area contributed by atoms with Crippen molar-refractivity contribution in [3.05, 3.63) is 34.2 Å². The lowest BCUT2D eigenvalue weighted by Crippen LogP contribution is -2.28. The van der Waals surface area contributed by atoms with Crippen molar-refractivity contribution in [3.8, 4) is 0 Å². The molecule has 7 nitrogen and oxygen atoms in total. The molecule has 0 fully saturated rings. The lowest BCUT2D eigenvalue weighted by atomic mass is 10.2. The molecule has 19 heavy (non-hydrogen) atoms. The topological polar surface area (TPSA) is 102 Å². The van der Waals surface area contributed by atoms with Crippen LogP contribution in [0.5, 0.6) is 0 Å². The number of imidazole rings is 1. The summed E-state index contributed by atoms with van der Waals surface area (Å²) in [6.45, 7) is 0.819. The second kappa shape index (κ2) is 4.60. The molecule has 0 unspecified atom stereocenters. The van der Waals surface area contributed by atoms with Gasteiger partial charge in [0.15, 0.2) is 0 Å². The number of fused-ring (bicyclic) bond motifs is 1. The van der Waals surface area contributed by atoms with E-state index in [-0.39, 0.29) is 0 Å². The Bertz CT molecular complexity index is 726. The smallest absolute Gasteiger partial charge is 0.330 e. The maximum atomic E-state index is 12.1. The van der Waals surface area contributed by atoms with Gasteiger partial charge in [-0.25, -0.2) is 4.79 Å². The monoisotopic (exact) mass is 264 g/mol. The fourth-order valence-corrected chi connectivity index (χ4v) is 2.01. The molecule has 0 bridgehead atoms. The van der Waals surface area contributed by atoms with Crippen molar-refractivity contribution < 1.29 is 19.8 Å². The number of carboxylic acid groups (broad SMARTS) is 2. The standard InChI is InChI=1S/C12H12N2O5/c1-7-2-3-8-9(4-7)14(6-11(17)18)12(19)13(8)5-10(15)16/h2-4H,5-6H2,1H3,(H,15,16)(H,17,18). The SMILES string of the molecule is Cc1ccc2c(c1)n(CC(=O)O)c(=O)n2CC(=O)O. The predicted molar refractivity (Wildman–Crippen MR) is 66.2 cm³/mol. The summed E-state index contributed by atoms with van der Waals surface area (Å²) in [6.07, 6.45) is 0. The molecule has 1 aromatic heterocycles. The van der Waals surface area contributed by atoms with Crippen LogP contribution >= 0.6 is 0 Å². The van der Waals surface area contributed by atoms with Gasteiger partial charge in [0.1, 0.15) is 13.1 Å². The molecule has 0 saturated heterocycles. The Hall–Kier alpha value is -2.57. The van der Waals surface area contributed by atoms with Crippen molar-refractivity contribution in [2.75, 3.05) is 0 Å². The average molecular weight is 264 g/mol. The largest absolute Gasteiger partial charge is 0.480 e. The molecule has 0 saturated carbocycles. The number of benzene rings is 1. The third-order valence-corrected chi connectivity index (χ3v) is 2.76. The van der Waals surface area contributed by atoms with Gasteiger partial charge in [0, 0.05) is 0 Å². The van der Waals surface area contributed by atoms with Gasteiger partial charge in [0.2, 0.25) is 0 Å². The molecule has 0 spiro atoms. The van der Waals surface area contributed by atoms with Crippen LogP contribution in [0.25, 0.3) is 11.0 Å². The van der Waals surface area contributed by atoms with Gasteiger partial charge < -0.3 is 10.2 Å². The van der Waals surface area contributed by atoms with Crippen molar-refractivity contribution in [3.63, 3.8) is 0 Å². The highest BCUT2D eigenvalue weighted by Crippen LogP contribution is 2.15. The number of hydrogen-bond acceptors (Lipinski definition) is 3. The summed E-state index contributed by atoms with van der Waals surface area (Å²) in [5, 5.41) is 17.6. The van der Waals surface area contributed by atoms with Gasteiger partial charge in [0.25, 0.3) is 0 Å². The molecule has 2 N–H and O–H groups in total. The second-order valence-corrected chi connectivity index (χ2v) is 4.23. The Morgan fingerprint density at radius 2 is 1.58 bits per heavy atom. The van der Waals surface area contributed by atoms with Crippen LogP contribution in [0, 0.1) is 6.92 Å². The van der Waals surface area contributed by atoms with Crippen molar-refractivity contribution in [2.24, 2.45) is 0 Å². The Labute approximate surface area is 107 Å². The number of carbonyl (C=O) groups is 2. The first kappa shape index (κ1) is 12.9. The molecule has 1 heterocycles. The lowest BCUT2D eigenvalue weighted by molar-refractivity contribution is -0.138. The van der Waals surface area contributed by atoms with Crippen molar-refractivity contribution in [1.29, 1.82) is 0 Å². The zero-order valence-corrected chi connectivity index (χ0v) is 10.2. The Balaban J connectivity index is 2.75. The van der Waals surface area contributed by atoms with Gasteiger partial charge in [-0.1, -0.05) is 6.07 Å². The van der Waals surface area contributed by atoms with Crippen molar-refractivity contribution in [1.82, 2.24) is 9.13 Å². The Morgan fingerprint density at radius 3 is 2.11 bits per heavy atom. The Kier molecular flexibility index (Phi) is 3.12. The van der Waals surface area contributed by atoms with E-state index in [4.69, 9.17) is 10.2 Å². The van der Waals surface area contributed by atoms with Gasteiger partial charge in [-0.05, 0) is 24.6 Å². The summed E-state index contributed by atoms with van der Waals surface area (Å²) in [6, 6.07) is 5.02. The molecular formula is C12H12N2O5. The van der Waals surface area contributed by atoms with E-state index in [0.29, 0.717) is 11.0 Å². The zero-order valence-electron chi connectivity index (χ0n) is 10.2. The number of carboxylic acids is 2. The summed E-state index contributed by atoms with van der Waals surface area (Å²) >= 11 is 0. The van der Waals surface area contributed by atoms with E-state index in [2.05, 4.69) is 0 Å².